The standard InChI is InChI=1S/C18H20BrNO2/c1-2-17(12-14-8-10-16(19)11-9-14)20-18(21)22-13-15-6-4-3-5-7-15/h3-11,17H,2,12-13H2,1H3,(H,20,21). The molecule has 2 rings (SSSR count). The first kappa shape index (κ1) is 16.6. The maximum Gasteiger partial charge on any atom is 0.407 e. The molecule has 0 aliphatic rings. The lowest BCUT2D eigenvalue weighted by atomic mass is 10.0. The first-order valence-electron chi connectivity index (χ1n) is 7.39. The van der Waals surface area contributed by atoms with E-state index in [1.54, 1.807) is 0 Å². The molecule has 116 valence electrons. The van der Waals surface area contributed by atoms with E-state index in [1.165, 1.54) is 5.56 Å². The minimum absolute atomic E-state index is 0.0736. The van der Waals surface area contributed by atoms with Crippen molar-refractivity contribution in [3.63, 3.8) is 0 Å². The third-order valence-corrected chi connectivity index (χ3v) is 3.95. The highest BCUT2D eigenvalue weighted by Crippen LogP contribution is 2.13. The highest BCUT2D eigenvalue weighted by molar-refractivity contribution is 9.10. The predicted octanol–water partition coefficient (Wildman–Crippen LogP) is 4.70. The Hall–Kier alpha value is -1.81. The molecule has 0 spiro atoms. The Morgan fingerprint density at radius 3 is 2.41 bits per heavy atom. The third-order valence-electron chi connectivity index (χ3n) is 3.42. The molecule has 4 heteroatoms. The van der Waals surface area contributed by atoms with Crippen molar-refractivity contribution < 1.29 is 9.53 Å². The van der Waals surface area contributed by atoms with Gasteiger partial charge in [-0.3, -0.25) is 0 Å². The van der Waals surface area contributed by atoms with Crippen LogP contribution >= 0.6 is 15.9 Å². The number of amides is 1. The zero-order chi connectivity index (χ0) is 15.8. The van der Waals surface area contributed by atoms with Crippen LogP contribution in [0.2, 0.25) is 0 Å². The van der Waals surface area contributed by atoms with Crippen LogP contribution in [0.4, 0.5) is 4.79 Å². The number of halogens is 1. The second-order valence-corrected chi connectivity index (χ2v) is 6.06. The van der Waals surface area contributed by atoms with Gasteiger partial charge in [-0.1, -0.05) is 65.3 Å². The molecule has 2 aromatic rings. The number of rotatable bonds is 6. The van der Waals surface area contributed by atoms with E-state index in [0.29, 0.717) is 6.61 Å². The number of carbonyl (C=O) groups excluding carboxylic acids is 1. The Morgan fingerprint density at radius 2 is 1.77 bits per heavy atom. The van der Waals surface area contributed by atoms with E-state index in [2.05, 4.69) is 40.3 Å². The van der Waals surface area contributed by atoms with Crippen molar-refractivity contribution in [2.75, 3.05) is 0 Å². The SMILES string of the molecule is CCC(Cc1ccc(Br)cc1)NC(=O)OCc1ccccc1. The van der Waals surface area contributed by atoms with Crippen molar-refractivity contribution in [1.29, 1.82) is 0 Å². The van der Waals surface area contributed by atoms with Gasteiger partial charge < -0.3 is 10.1 Å². The minimum atomic E-state index is -0.368. The molecule has 0 heterocycles. The number of hydrogen-bond donors (Lipinski definition) is 1. The largest absolute Gasteiger partial charge is 0.445 e. The van der Waals surface area contributed by atoms with Crippen molar-refractivity contribution in [2.24, 2.45) is 0 Å². The van der Waals surface area contributed by atoms with Crippen LogP contribution in [0, 0.1) is 0 Å². The van der Waals surface area contributed by atoms with E-state index in [4.69, 9.17) is 4.74 Å². The van der Waals surface area contributed by atoms with Gasteiger partial charge in [-0.15, -0.1) is 0 Å². The van der Waals surface area contributed by atoms with Crippen molar-refractivity contribution in [2.45, 2.75) is 32.4 Å². The van der Waals surface area contributed by atoms with Crippen LogP contribution in [0.15, 0.2) is 59.1 Å². The van der Waals surface area contributed by atoms with Crippen LogP contribution < -0.4 is 5.32 Å². The highest BCUT2D eigenvalue weighted by Gasteiger charge is 2.12. The maximum absolute atomic E-state index is 11.9. The van der Waals surface area contributed by atoms with E-state index in [-0.39, 0.29) is 12.1 Å². The van der Waals surface area contributed by atoms with Crippen molar-refractivity contribution in [3.05, 3.63) is 70.2 Å². The monoisotopic (exact) mass is 361 g/mol. The Bertz CT molecular complexity index is 584. The summed E-state index contributed by atoms with van der Waals surface area (Å²) in [6, 6.07) is 17.9. The highest BCUT2D eigenvalue weighted by atomic mass is 79.9. The number of carbonyl (C=O) groups is 1. The van der Waals surface area contributed by atoms with E-state index in [9.17, 15) is 4.79 Å². The maximum atomic E-state index is 11.9. The molecule has 1 N–H and O–H groups in total. The second-order valence-electron chi connectivity index (χ2n) is 5.14. The molecule has 1 atom stereocenters. The summed E-state index contributed by atoms with van der Waals surface area (Å²) in [4.78, 5) is 11.9. The molecular weight excluding hydrogens is 342 g/mol. The molecule has 0 saturated heterocycles. The van der Waals surface area contributed by atoms with Crippen LogP contribution in [0.3, 0.4) is 0 Å². The van der Waals surface area contributed by atoms with E-state index >= 15 is 0 Å². The number of alkyl carbamates (subject to hydrolysis) is 1. The Morgan fingerprint density at radius 1 is 1.09 bits per heavy atom. The zero-order valence-corrected chi connectivity index (χ0v) is 14.2. The molecule has 0 fully saturated rings. The molecule has 0 aliphatic heterocycles. The Labute approximate surface area is 139 Å². The van der Waals surface area contributed by atoms with E-state index in [1.807, 2.05) is 42.5 Å². The average molecular weight is 362 g/mol. The van der Waals surface area contributed by atoms with Gasteiger partial charge in [-0.05, 0) is 36.1 Å². The molecule has 0 aliphatic carbocycles. The van der Waals surface area contributed by atoms with Crippen molar-refractivity contribution in [3.8, 4) is 0 Å². The van der Waals surface area contributed by atoms with E-state index in [0.717, 1.165) is 22.9 Å². The molecule has 2 aromatic carbocycles. The number of hydrogen-bond acceptors (Lipinski definition) is 2. The molecule has 0 aromatic heterocycles. The van der Waals surface area contributed by atoms with Gasteiger partial charge in [0.15, 0.2) is 0 Å². The first-order chi connectivity index (χ1) is 10.7. The summed E-state index contributed by atoms with van der Waals surface area (Å²) >= 11 is 3.42. The summed E-state index contributed by atoms with van der Waals surface area (Å²) in [5, 5.41) is 2.93. The summed E-state index contributed by atoms with van der Waals surface area (Å²) in [5.41, 5.74) is 2.18. The molecule has 1 unspecified atom stereocenters. The smallest absolute Gasteiger partial charge is 0.407 e. The fraction of sp³-hybridized carbons (Fsp3) is 0.278. The quantitative estimate of drug-likeness (QED) is 0.809. The van der Waals surface area contributed by atoms with Crippen LogP contribution in [0.5, 0.6) is 0 Å². The van der Waals surface area contributed by atoms with Gasteiger partial charge in [0.25, 0.3) is 0 Å². The average Bonchev–Trinajstić information content (AvgIpc) is 2.55. The summed E-state index contributed by atoms with van der Waals surface area (Å²) in [6.45, 7) is 2.35. The molecule has 22 heavy (non-hydrogen) atoms. The van der Waals surface area contributed by atoms with Crippen LogP contribution in [0.25, 0.3) is 0 Å². The van der Waals surface area contributed by atoms with Gasteiger partial charge in [0.05, 0.1) is 0 Å². The fourth-order valence-electron chi connectivity index (χ4n) is 2.13. The lowest BCUT2D eigenvalue weighted by molar-refractivity contribution is 0.135. The molecule has 0 radical (unpaired) electrons. The molecule has 3 nitrogen and oxygen atoms in total. The van der Waals surface area contributed by atoms with Gasteiger partial charge in [-0.25, -0.2) is 4.79 Å². The topological polar surface area (TPSA) is 38.3 Å². The van der Waals surface area contributed by atoms with Gasteiger partial charge in [-0.2, -0.15) is 0 Å². The van der Waals surface area contributed by atoms with Crippen LogP contribution in [-0.4, -0.2) is 12.1 Å². The molecule has 0 bridgehead atoms. The van der Waals surface area contributed by atoms with Crippen molar-refractivity contribution in [1.82, 2.24) is 5.32 Å². The number of nitrogens with one attached hydrogen (secondary N) is 1. The molecule has 0 saturated carbocycles. The summed E-state index contributed by atoms with van der Waals surface area (Å²) in [5.74, 6) is 0. The number of ether oxygens (including phenoxy) is 1. The van der Waals surface area contributed by atoms with Crippen LogP contribution in [0.1, 0.15) is 24.5 Å². The van der Waals surface area contributed by atoms with Crippen LogP contribution in [-0.2, 0) is 17.8 Å². The number of benzene rings is 2. The second kappa shape index (κ2) is 8.59. The molecular formula is C18H20BrNO2. The minimum Gasteiger partial charge on any atom is -0.445 e. The van der Waals surface area contributed by atoms with Gasteiger partial charge in [0, 0.05) is 10.5 Å². The van der Waals surface area contributed by atoms with Gasteiger partial charge >= 0.3 is 6.09 Å². The lowest BCUT2D eigenvalue weighted by Gasteiger charge is -2.17. The Kier molecular flexibility index (Phi) is 6.46. The molecule has 1 amide bonds. The van der Waals surface area contributed by atoms with Crippen molar-refractivity contribution >= 4 is 22.0 Å². The summed E-state index contributed by atoms with van der Waals surface area (Å²) in [6.07, 6.45) is 1.29. The Balaban J connectivity index is 1.81. The third kappa shape index (κ3) is 5.53. The fourth-order valence-corrected chi connectivity index (χ4v) is 2.40. The first-order valence-corrected chi connectivity index (χ1v) is 8.18. The predicted molar refractivity (Wildman–Crippen MR) is 91.7 cm³/mol. The van der Waals surface area contributed by atoms with Gasteiger partial charge in [0.2, 0.25) is 0 Å². The normalized spacial score (nSPS) is 11.7. The zero-order valence-electron chi connectivity index (χ0n) is 12.6. The summed E-state index contributed by atoms with van der Waals surface area (Å²) < 4.78 is 6.31. The van der Waals surface area contributed by atoms with Gasteiger partial charge in [0.1, 0.15) is 6.61 Å². The lowest BCUT2D eigenvalue weighted by Crippen LogP contribution is -2.36. The van der Waals surface area contributed by atoms with E-state index < -0.39 is 0 Å². The summed E-state index contributed by atoms with van der Waals surface area (Å²) in [7, 11) is 0.